The average Bonchev–Trinajstić information content (AvgIpc) is 2.64. The number of hydrogen-bond donors (Lipinski definition) is 2. The van der Waals surface area contributed by atoms with E-state index in [1.165, 1.54) is 11.8 Å². The van der Waals surface area contributed by atoms with Gasteiger partial charge in [0, 0.05) is 21.8 Å². The number of amides is 2. The number of anilines is 2. The first kappa shape index (κ1) is 18.3. The number of fused-ring (bicyclic) bond motifs is 1. The fourth-order valence-electron chi connectivity index (χ4n) is 2.49. The number of rotatable bonds is 6. The topological polar surface area (TPSA) is 58.2 Å². The molecule has 3 aromatic carbocycles. The molecule has 0 aliphatic rings. The van der Waals surface area contributed by atoms with E-state index in [2.05, 4.69) is 10.6 Å². The molecule has 0 aromatic heterocycles. The van der Waals surface area contributed by atoms with Crippen molar-refractivity contribution in [2.45, 2.75) is 0 Å². The van der Waals surface area contributed by atoms with E-state index >= 15 is 0 Å². The third-order valence-electron chi connectivity index (χ3n) is 3.66. The summed E-state index contributed by atoms with van der Waals surface area (Å²) in [4.78, 5) is 24.1. The Morgan fingerprint density at radius 2 is 1.46 bits per heavy atom. The Morgan fingerprint density at radius 1 is 0.808 bits per heavy atom. The molecule has 132 valence electrons. The van der Waals surface area contributed by atoms with Gasteiger partial charge in [0.25, 0.3) is 0 Å². The minimum atomic E-state index is -0.157. The molecule has 0 atom stereocenters. The van der Waals surface area contributed by atoms with Gasteiger partial charge < -0.3 is 10.6 Å². The van der Waals surface area contributed by atoms with Crippen molar-refractivity contribution in [1.29, 1.82) is 0 Å². The number of benzene rings is 3. The fourth-order valence-corrected chi connectivity index (χ4v) is 3.23. The Hall–Kier alpha value is -2.50. The molecule has 0 fully saturated rings. The molecule has 0 aliphatic heterocycles. The maximum Gasteiger partial charge on any atom is 0.234 e. The van der Waals surface area contributed by atoms with Crippen LogP contribution in [-0.2, 0) is 9.59 Å². The van der Waals surface area contributed by atoms with Crippen LogP contribution in [0, 0.1) is 0 Å². The Bertz CT molecular complexity index is 923. The van der Waals surface area contributed by atoms with E-state index in [-0.39, 0.29) is 23.3 Å². The number of hydrogen-bond acceptors (Lipinski definition) is 3. The smallest absolute Gasteiger partial charge is 0.234 e. The van der Waals surface area contributed by atoms with E-state index in [0.717, 1.165) is 16.5 Å². The van der Waals surface area contributed by atoms with E-state index in [1.807, 2.05) is 42.5 Å². The molecule has 0 aliphatic carbocycles. The van der Waals surface area contributed by atoms with Crippen LogP contribution in [-0.4, -0.2) is 23.3 Å². The molecule has 0 saturated carbocycles. The molecule has 0 bridgehead atoms. The average molecular weight is 385 g/mol. The molecule has 0 unspecified atom stereocenters. The Kier molecular flexibility index (Phi) is 6.15. The molecule has 0 heterocycles. The maximum atomic E-state index is 12.2. The van der Waals surface area contributed by atoms with Gasteiger partial charge in [0.2, 0.25) is 11.8 Å². The number of nitrogens with one attached hydrogen (secondary N) is 2. The molecule has 2 N–H and O–H groups in total. The van der Waals surface area contributed by atoms with Crippen molar-refractivity contribution in [3.05, 3.63) is 71.8 Å². The summed E-state index contributed by atoms with van der Waals surface area (Å²) in [5.41, 5.74) is 1.46. The van der Waals surface area contributed by atoms with Gasteiger partial charge in [-0.2, -0.15) is 0 Å². The first-order valence-electron chi connectivity index (χ1n) is 8.02. The zero-order valence-corrected chi connectivity index (χ0v) is 15.4. The molecule has 4 nitrogen and oxygen atoms in total. The number of thioether (sulfide) groups is 1. The standard InChI is InChI=1S/C20H17ClN2O2S/c21-15-8-10-16(11-9-15)22-19(24)12-26-13-20(25)23-18-7-3-5-14-4-1-2-6-17(14)18/h1-11H,12-13H2,(H,22,24)(H,23,25). The lowest BCUT2D eigenvalue weighted by Crippen LogP contribution is -2.18. The van der Waals surface area contributed by atoms with Crippen molar-refractivity contribution in [2.24, 2.45) is 0 Å². The molecule has 0 saturated heterocycles. The Balaban J connectivity index is 1.48. The zero-order chi connectivity index (χ0) is 18.4. The Labute approximate surface area is 160 Å². The van der Waals surface area contributed by atoms with Crippen molar-refractivity contribution in [2.75, 3.05) is 22.1 Å². The summed E-state index contributed by atoms with van der Waals surface area (Å²) in [6.07, 6.45) is 0. The quantitative estimate of drug-likeness (QED) is 0.641. The molecule has 0 spiro atoms. The first-order chi connectivity index (χ1) is 12.6. The number of carbonyl (C=O) groups excluding carboxylic acids is 2. The summed E-state index contributed by atoms with van der Waals surface area (Å²) in [5, 5.41) is 8.35. The lowest BCUT2D eigenvalue weighted by molar-refractivity contribution is -0.114. The molecule has 26 heavy (non-hydrogen) atoms. The second kappa shape index (κ2) is 8.74. The van der Waals surface area contributed by atoms with Crippen molar-refractivity contribution < 1.29 is 9.59 Å². The number of halogens is 1. The normalized spacial score (nSPS) is 10.5. The van der Waals surface area contributed by atoms with Crippen LogP contribution in [0.4, 0.5) is 11.4 Å². The van der Waals surface area contributed by atoms with Gasteiger partial charge in [0.05, 0.1) is 11.5 Å². The summed E-state index contributed by atoms with van der Waals surface area (Å²) in [7, 11) is 0. The minimum absolute atomic E-state index is 0.134. The third kappa shape index (κ3) is 5.00. The predicted molar refractivity (Wildman–Crippen MR) is 110 cm³/mol. The second-order valence-corrected chi connectivity index (χ2v) is 7.04. The van der Waals surface area contributed by atoms with Gasteiger partial charge in [-0.15, -0.1) is 11.8 Å². The van der Waals surface area contributed by atoms with Gasteiger partial charge >= 0.3 is 0 Å². The van der Waals surface area contributed by atoms with E-state index < -0.39 is 0 Å². The van der Waals surface area contributed by atoms with Crippen LogP contribution in [0.25, 0.3) is 10.8 Å². The molecular weight excluding hydrogens is 368 g/mol. The van der Waals surface area contributed by atoms with Crippen molar-refractivity contribution in [3.8, 4) is 0 Å². The highest BCUT2D eigenvalue weighted by molar-refractivity contribution is 8.00. The van der Waals surface area contributed by atoms with Crippen LogP contribution in [0.1, 0.15) is 0 Å². The first-order valence-corrected chi connectivity index (χ1v) is 9.56. The molecule has 2 amide bonds. The van der Waals surface area contributed by atoms with E-state index in [4.69, 9.17) is 11.6 Å². The van der Waals surface area contributed by atoms with Crippen LogP contribution >= 0.6 is 23.4 Å². The van der Waals surface area contributed by atoms with E-state index in [1.54, 1.807) is 24.3 Å². The van der Waals surface area contributed by atoms with E-state index in [0.29, 0.717) is 10.7 Å². The van der Waals surface area contributed by atoms with Crippen LogP contribution in [0.2, 0.25) is 5.02 Å². The van der Waals surface area contributed by atoms with Crippen molar-refractivity contribution in [1.82, 2.24) is 0 Å². The minimum Gasteiger partial charge on any atom is -0.325 e. The second-order valence-electron chi connectivity index (χ2n) is 5.62. The Morgan fingerprint density at radius 3 is 2.23 bits per heavy atom. The molecule has 3 rings (SSSR count). The largest absolute Gasteiger partial charge is 0.325 e. The summed E-state index contributed by atoms with van der Waals surface area (Å²) in [5.74, 6) is 0.115. The summed E-state index contributed by atoms with van der Waals surface area (Å²) >= 11 is 7.07. The molecule has 0 radical (unpaired) electrons. The SMILES string of the molecule is O=C(CSCC(=O)Nc1cccc2ccccc12)Nc1ccc(Cl)cc1. The highest BCUT2D eigenvalue weighted by Gasteiger charge is 2.08. The van der Waals surface area contributed by atoms with Gasteiger partial charge in [-0.25, -0.2) is 0 Å². The monoisotopic (exact) mass is 384 g/mol. The van der Waals surface area contributed by atoms with Crippen molar-refractivity contribution in [3.63, 3.8) is 0 Å². The van der Waals surface area contributed by atoms with E-state index in [9.17, 15) is 9.59 Å². The van der Waals surface area contributed by atoms with Gasteiger partial charge in [-0.05, 0) is 35.7 Å². The highest BCUT2D eigenvalue weighted by Crippen LogP contribution is 2.23. The third-order valence-corrected chi connectivity index (χ3v) is 4.84. The van der Waals surface area contributed by atoms with Crippen LogP contribution < -0.4 is 10.6 Å². The maximum absolute atomic E-state index is 12.2. The van der Waals surface area contributed by atoms with Crippen LogP contribution in [0.15, 0.2) is 66.7 Å². The van der Waals surface area contributed by atoms with Crippen molar-refractivity contribution >= 4 is 57.3 Å². The molecule has 6 heteroatoms. The van der Waals surface area contributed by atoms with Gasteiger partial charge in [-0.1, -0.05) is 48.0 Å². The lowest BCUT2D eigenvalue weighted by atomic mass is 10.1. The highest BCUT2D eigenvalue weighted by atomic mass is 35.5. The van der Waals surface area contributed by atoms with Gasteiger partial charge in [0.15, 0.2) is 0 Å². The zero-order valence-electron chi connectivity index (χ0n) is 13.9. The predicted octanol–water partition coefficient (Wildman–Crippen LogP) is 4.80. The van der Waals surface area contributed by atoms with Crippen LogP contribution in [0.3, 0.4) is 0 Å². The summed E-state index contributed by atoms with van der Waals surface area (Å²) < 4.78 is 0. The molecule has 3 aromatic rings. The summed E-state index contributed by atoms with van der Waals surface area (Å²) in [6.45, 7) is 0. The number of carbonyl (C=O) groups is 2. The van der Waals surface area contributed by atoms with Gasteiger partial charge in [-0.3, -0.25) is 9.59 Å². The molecular formula is C20H17ClN2O2S. The van der Waals surface area contributed by atoms with Gasteiger partial charge in [0.1, 0.15) is 0 Å². The van der Waals surface area contributed by atoms with Crippen LogP contribution in [0.5, 0.6) is 0 Å². The lowest BCUT2D eigenvalue weighted by Gasteiger charge is -2.09. The fraction of sp³-hybridized carbons (Fsp3) is 0.100. The summed E-state index contributed by atoms with van der Waals surface area (Å²) in [6, 6.07) is 20.5.